The number of furan rings is 1. The van der Waals surface area contributed by atoms with Gasteiger partial charge >= 0.3 is 0 Å². The summed E-state index contributed by atoms with van der Waals surface area (Å²) in [6.45, 7) is 12.3. The predicted molar refractivity (Wildman–Crippen MR) is 102 cm³/mol. The van der Waals surface area contributed by atoms with E-state index in [-0.39, 0.29) is 0 Å². The minimum Gasteiger partial charge on any atom is -0.466 e. The minimum atomic E-state index is 1.04. The van der Waals surface area contributed by atoms with E-state index in [1.807, 2.05) is 34.6 Å². The smallest absolute Gasteiger partial charge is 0.104 e. The molecule has 0 atom stereocenters. The second-order valence-electron chi connectivity index (χ2n) is 5.44. The van der Waals surface area contributed by atoms with E-state index < -0.39 is 0 Å². The summed E-state index contributed by atoms with van der Waals surface area (Å²) >= 11 is 0. The highest BCUT2D eigenvalue weighted by Crippen LogP contribution is 2.13. The molecule has 1 rings (SSSR count). The molecule has 0 aliphatic heterocycles. The van der Waals surface area contributed by atoms with Crippen LogP contribution in [0, 0.1) is 6.92 Å². The number of hydrogen-bond donors (Lipinski definition) is 0. The van der Waals surface area contributed by atoms with E-state index in [2.05, 4.69) is 19.1 Å². The molecule has 0 radical (unpaired) electrons. The van der Waals surface area contributed by atoms with Gasteiger partial charge in [-0.3, -0.25) is 0 Å². The van der Waals surface area contributed by atoms with Crippen molar-refractivity contribution in [3.8, 4) is 0 Å². The molecular formula is C21H42O. The molecule has 1 heteroatoms. The fraction of sp³-hybridized carbons (Fsp3) is 0.810. The van der Waals surface area contributed by atoms with E-state index in [0.717, 1.165) is 17.9 Å². The standard InChI is InChI=1S/C17H30O.2C2H6/c1-3-4-5-6-7-8-9-10-11-12-13-17-15-14-16(2)18-17;2*1-2/h14-15H,3-13H2,1-2H3;2*1-2H3. The molecule has 132 valence electrons. The number of hydrogen-bond acceptors (Lipinski definition) is 1. The highest BCUT2D eigenvalue weighted by molar-refractivity contribution is 5.05. The van der Waals surface area contributed by atoms with Crippen LogP contribution in [0.2, 0.25) is 0 Å². The molecular weight excluding hydrogens is 268 g/mol. The molecule has 0 bridgehead atoms. The van der Waals surface area contributed by atoms with Gasteiger partial charge in [0, 0.05) is 6.42 Å². The second-order valence-corrected chi connectivity index (χ2v) is 5.44. The lowest BCUT2D eigenvalue weighted by molar-refractivity contribution is 0.469. The lowest BCUT2D eigenvalue weighted by Gasteiger charge is -2.01. The molecule has 1 heterocycles. The summed E-state index contributed by atoms with van der Waals surface area (Å²) in [5.74, 6) is 2.20. The molecule has 0 fully saturated rings. The Morgan fingerprint density at radius 3 is 1.55 bits per heavy atom. The Labute approximate surface area is 140 Å². The lowest BCUT2D eigenvalue weighted by Crippen LogP contribution is -1.84. The quantitative estimate of drug-likeness (QED) is 0.376. The van der Waals surface area contributed by atoms with Gasteiger partial charge in [0.25, 0.3) is 0 Å². The van der Waals surface area contributed by atoms with E-state index in [4.69, 9.17) is 4.42 Å². The monoisotopic (exact) mass is 310 g/mol. The Hall–Kier alpha value is -0.720. The van der Waals surface area contributed by atoms with Crippen LogP contribution >= 0.6 is 0 Å². The molecule has 1 aromatic heterocycles. The molecule has 0 amide bonds. The maximum Gasteiger partial charge on any atom is 0.104 e. The number of unbranched alkanes of at least 4 members (excludes halogenated alkanes) is 9. The van der Waals surface area contributed by atoms with Crippen LogP contribution in [0.3, 0.4) is 0 Å². The van der Waals surface area contributed by atoms with Gasteiger partial charge in [0.2, 0.25) is 0 Å². The average Bonchev–Trinajstić information content (AvgIpc) is 2.98. The van der Waals surface area contributed by atoms with Gasteiger partial charge in [-0.2, -0.15) is 0 Å². The van der Waals surface area contributed by atoms with Crippen molar-refractivity contribution in [3.63, 3.8) is 0 Å². The average molecular weight is 311 g/mol. The van der Waals surface area contributed by atoms with Crippen molar-refractivity contribution in [1.29, 1.82) is 0 Å². The number of rotatable bonds is 11. The maximum absolute atomic E-state index is 5.57. The van der Waals surface area contributed by atoms with E-state index in [1.54, 1.807) is 0 Å². The molecule has 0 aliphatic carbocycles. The topological polar surface area (TPSA) is 13.1 Å². The molecule has 0 saturated carbocycles. The fourth-order valence-electron chi connectivity index (χ4n) is 2.41. The van der Waals surface area contributed by atoms with Crippen LogP contribution in [-0.2, 0) is 6.42 Å². The van der Waals surface area contributed by atoms with Crippen molar-refractivity contribution in [2.45, 2.75) is 112 Å². The Balaban J connectivity index is 0. The third-order valence-corrected chi connectivity index (χ3v) is 3.57. The normalized spacial score (nSPS) is 9.55. The predicted octanol–water partition coefficient (Wildman–Crippen LogP) is 8.10. The summed E-state index contributed by atoms with van der Waals surface area (Å²) < 4.78 is 5.57. The van der Waals surface area contributed by atoms with E-state index in [1.165, 1.54) is 64.2 Å². The van der Waals surface area contributed by atoms with Gasteiger partial charge in [0.05, 0.1) is 0 Å². The van der Waals surface area contributed by atoms with Gasteiger partial charge in [-0.1, -0.05) is 92.4 Å². The van der Waals surface area contributed by atoms with Gasteiger partial charge in [0.15, 0.2) is 0 Å². The van der Waals surface area contributed by atoms with E-state index >= 15 is 0 Å². The molecule has 0 unspecified atom stereocenters. The minimum absolute atomic E-state index is 1.04. The summed E-state index contributed by atoms with van der Waals surface area (Å²) in [7, 11) is 0. The maximum atomic E-state index is 5.57. The zero-order valence-corrected chi connectivity index (χ0v) is 16.3. The molecule has 1 nitrogen and oxygen atoms in total. The second kappa shape index (κ2) is 20.3. The lowest BCUT2D eigenvalue weighted by atomic mass is 10.1. The summed E-state index contributed by atoms with van der Waals surface area (Å²) in [6.07, 6.45) is 15.1. The van der Waals surface area contributed by atoms with Crippen LogP contribution in [0.4, 0.5) is 0 Å². The first-order valence-electron chi connectivity index (χ1n) is 9.88. The van der Waals surface area contributed by atoms with Crippen LogP contribution in [-0.4, -0.2) is 0 Å². The van der Waals surface area contributed by atoms with Crippen molar-refractivity contribution in [2.24, 2.45) is 0 Å². The fourth-order valence-corrected chi connectivity index (χ4v) is 2.41. The molecule has 0 aliphatic rings. The third-order valence-electron chi connectivity index (χ3n) is 3.57. The Kier molecular flexibility index (Phi) is 21.7. The Bertz CT molecular complexity index is 288. The van der Waals surface area contributed by atoms with Crippen molar-refractivity contribution in [1.82, 2.24) is 0 Å². The largest absolute Gasteiger partial charge is 0.466 e. The molecule has 0 aromatic carbocycles. The van der Waals surface area contributed by atoms with Gasteiger partial charge in [-0.05, 0) is 25.5 Å². The molecule has 0 saturated heterocycles. The zero-order chi connectivity index (χ0) is 17.1. The summed E-state index contributed by atoms with van der Waals surface area (Å²) in [5.41, 5.74) is 0. The molecule has 0 spiro atoms. The zero-order valence-electron chi connectivity index (χ0n) is 16.3. The molecule has 22 heavy (non-hydrogen) atoms. The van der Waals surface area contributed by atoms with Gasteiger partial charge in [-0.15, -0.1) is 0 Å². The summed E-state index contributed by atoms with van der Waals surface area (Å²) in [5, 5.41) is 0. The first-order valence-corrected chi connectivity index (χ1v) is 9.88. The molecule has 1 aromatic rings. The van der Waals surface area contributed by atoms with Crippen LogP contribution in [0.1, 0.15) is 110 Å². The van der Waals surface area contributed by atoms with Gasteiger partial charge in [-0.25, -0.2) is 0 Å². The van der Waals surface area contributed by atoms with Crippen molar-refractivity contribution in [3.05, 3.63) is 23.7 Å². The van der Waals surface area contributed by atoms with Crippen LogP contribution in [0.5, 0.6) is 0 Å². The van der Waals surface area contributed by atoms with Crippen molar-refractivity contribution in [2.75, 3.05) is 0 Å². The first-order chi connectivity index (χ1) is 10.8. The Morgan fingerprint density at radius 2 is 1.14 bits per heavy atom. The van der Waals surface area contributed by atoms with E-state index in [0.29, 0.717) is 0 Å². The highest BCUT2D eigenvalue weighted by Gasteiger charge is 1.98. The first kappa shape index (κ1) is 23.5. The molecule has 0 N–H and O–H groups in total. The summed E-state index contributed by atoms with van der Waals surface area (Å²) in [6, 6.07) is 4.18. The van der Waals surface area contributed by atoms with Crippen molar-refractivity contribution >= 4 is 0 Å². The van der Waals surface area contributed by atoms with Gasteiger partial charge < -0.3 is 4.42 Å². The Morgan fingerprint density at radius 1 is 0.682 bits per heavy atom. The van der Waals surface area contributed by atoms with Crippen LogP contribution < -0.4 is 0 Å². The van der Waals surface area contributed by atoms with Crippen LogP contribution in [0.25, 0.3) is 0 Å². The van der Waals surface area contributed by atoms with E-state index in [9.17, 15) is 0 Å². The number of aryl methyl sites for hydroxylation is 2. The van der Waals surface area contributed by atoms with Crippen LogP contribution in [0.15, 0.2) is 16.5 Å². The SMILES string of the molecule is CC.CC.CCCCCCCCCCCCc1ccc(C)o1. The van der Waals surface area contributed by atoms with Crippen molar-refractivity contribution < 1.29 is 4.42 Å². The highest BCUT2D eigenvalue weighted by atomic mass is 16.3. The van der Waals surface area contributed by atoms with Gasteiger partial charge in [0.1, 0.15) is 11.5 Å². The third kappa shape index (κ3) is 15.7. The summed E-state index contributed by atoms with van der Waals surface area (Å²) in [4.78, 5) is 0.